The zero-order valence-electron chi connectivity index (χ0n) is 12.5. The largest absolute Gasteiger partial charge is 0.345 e. The quantitative estimate of drug-likeness (QED) is 0.901. The van der Waals surface area contributed by atoms with Crippen LogP contribution in [0.5, 0.6) is 0 Å². The molecule has 0 aliphatic carbocycles. The Morgan fingerprint density at radius 2 is 2.18 bits per heavy atom. The predicted octanol–water partition coefficient (Wildman–Crippen LogP) is 1.62. The molecular formula is C14H19Cl2N5O. The van der Waals surface area contributed by atoms with Gasteiger partial charge in [-0.1, -0.05) is 11.6 Å². The Labute approximate surface area is 140 Å². The SMILES string of the molecule is Cl.Cn1cc(Cl)cc1C(=O)N1CCNCC1c1nccn1C. The second-order valence-electron chi connectivity index (χ2n) is 5.27. The van der Waals surface area contributed by atoms with Crippen molar-refractivity contribution in [2.45, 2.75) is 6.04 Å². The van der Waals surface area contributed by atoms with Gasteiger partial charge in [0.05, 0.1) is 5.02 Å². The maximum Gasteiger partial charge on any atom is 0.271 e. The summed E-state index contributed by atoms with van der Waals surface area (Å²) in [5.74, 6) is 0.870. The highest BCUT2D eigenvalue weighted by atomic mass is 35.5. The molecule has 6 nitrogen and oxygen atoms in total. The number of nitrogens with one attached hydrogen (secondary N) is 1. The van der Waals surface area contributed by atoms with Crippen molar-refractivity contribution in [3.05, 3.63) is 41.2 Å². The van der Waals surface area contributed by atoms with Crippen molar-refractivity contribution in [1.82, 2.24) is 24.3 Å². The van der Waals surface area contributed by atoms with E-state index in [0.29, 0.717) is 23.8 Å². The molecular weight excluding hydrogens is 325 g/mol. The fourth-order valence-electron chi connectivity index (χ4n) is 2.76. The van der Waals surface area contributed by atoms with Crippen LogP contribution in [0.1, 0.15) is 22.4 Å². The first-order valence-corrected chi connectivity index (χ1v) is 7.26. The minimum Gasteiger partial charge on any atom is -0.345 e. The van der Waals surface area contributed by atoms with Gasteiger partial charge in [0.25, 0.3) is 5.91 Å². The Morgan fingerprint density at radius 1 is 1.41 bits per heavy atom. The van der Waals surface area contributed by atoms with Crippen molar-refractivity contribution in [3.8, 4) is 0 Å². The summed E-state index contributed by atoms with van der Waals surface area (Å²) in [5, 5.41) is 3.90. The van der Waals surface area contributed by atoms with Gasteiger partial charge >= 0.3 is 0 Å². The summed E-state index contributed by atoms with van der Waals surface area (Å²) in [7, 11) is 3.77. The number of aryl methyl sites for hydroxylation is 2. The standard InChI is InChI=1S/C14H18ClN5O.ClH/c1-18-5-4-17-13(18)12-8-16-3-6-20(12)14(21)11-7-10(15)9-19(11)2;/h4-5,7,9,12,16H,3,6,8H2,1-2H3;1H. The fraction of sp³-hybridized carbons (Fsp3) is 0.429. The monoisotopic (exact) mass is 343 g/mol. The summed E-state index contributed by atoms with van der Waals surface area (Å²) in [4.78, 5) is 19.1. The number of amides is 1. The van der Waals surface area contributed by atoms with E-state index in [4.69, 9.17) is 11.6 Å². The van der Waals surface area contributed by atoms with E-state index in [2.05, 4.69) is 10.3 Å². The number of piperazine rings is 1. The van der Waals surface area contributed by atoms with Gasteiger partial charge in [0.1, 0.15) is 17.6 Å². The minimum atomic E-state index is -0.0695. The maximum atomic E-state index is 12.8. The lowest BCUT2D eigenvalue weighted by Gasteiger charge is -2.35. The van der Waals surface area contributed by atoms with Crippen LogP contribution in [0.3, 0.4) is 0 Å². The van der Waals surface area contributed by atoms with Gasteiger partial charge in [-0.25, -0.2) is 4.98 Å². The molecule has 1 aliphatic rings. The van der Waals surface area contributed by atoms with Crippen molar-refractivity contribution in [1.29, 1.82) is 0 Å². The summed E-state index contributed by atoms with van der Waals surface area (Å²) in [5.41, 5.74) is 0.598. The van der Waals surface area contributed by atoms with Crippen LogP contribution < -0.4 is 5.32 Å². The van der Waals surface area contributed by atoms with Crippen molar-refractivity contribution < 1.29 is 4.79 Å². The predicted molar refractivity (Wildman–Crippen MR) is 87.5 cm³/mol. The Bertz CT molecular complexity index is 666. The lowest BCUT2D eigenvalue weighted by Crippen LogP contribution is -2.49. The Kier molecular flexibility index (Phi) is 5.16. The number of rotatable bonds is 2. The van der Waals surface area contributed by atoms with Crippen LogP contribution in [0.4, 0.5) is 0 Å². The molecule has 120 valence electrons. The van der Waals surface area contributed by atoms with Crippen molar-refractivity contribution in [2.24, 2.45) is 14.1 Å². The van der Waals surface area contributed by atoms with Crippen LogP contribution in [-0.4, -0.2) is 44.6 Å². The van der Waals surface area contributed by atoms with E-state index in [9.17, 15) is 4.79 Å². The van der Waals surface area contributed by atoms with Crippen molar-refractivity contribution >= 4 is 29.9 Å². The van der Waals surface area contributed by atoms with E-state index in [1.165, 1.54) is 0 Å². The normalized spacial score (nSPS) is 18.1. The first-order chi connectivity index (χ1) is 10.1. The molecule has 2 aromatic heterocycles. The molecule has 8 heteroatoms. The summed E-state index contributed by atoms with van der Waals surface area (Å²) < 4.78 is 3.72. The highest BCUT2D eigenvalue weighted by molar-refractivity contribution is 6.31. The van der Waals surface area contributed by atoms with E-state index in [0.717, 1.165) is 12.4 Å². The third-order valence-electron chi connectivity index (χ3n) is 3.85. The Hall–Kier alpha value is -1.50. The summed E-state index contributed by atoms with van der Waals surface area (Å²) in [6, 6.07) is 1.64. The highest BCUT2D eigenvalue weighted by Gasteiger charge is 2.32. The Morgan fingerprint density at radius 3 is 2.77 bits per heavy atom. The van der Waals surface area contributed by atoms with Gasteiger partial charge < -0.3 is 19.4 Å². The molecule has 1 amide bonds. The van der Waals surface area contributed by atoms with E-state index < -0.39 is 0 Å². The first kappa shape index (κ1) is 16.9. The number of hydrogen-bond donors (Lipinski definition) is 1. The molecule has 1 saturated heterocycles. The summed E-state index contributed by atoms with van der Waals surface area (Å²) >= 11 is 5.99. The number of carbonyl (C=O) groups excluding carboxylic acids is 1. The van der Waals surface area contributed by atoms with Crippen LogP contribution in [0.15, 0.2) is 24.7 Å². The number of nitrogens with zero attached hydrogens (tertiary/aromatic N) is 4. The zero-order valence-corrected chi connectivity index (χ0v) is 14.1. The number of carbonyl (C=O) groups is 1. The van der Waals surface area contributed by atoms with E-state index in [1.54, 1.807) is 23.0 Å². The topological polar surface area (TPSA) is 55.1 Å². The van der Waals surface area contributed by atoms with Gasteiger partial charge in [-0.3, -0.25) is 4.79 Å². The molecule has 1 fully saturated rings. The van der Waals surface area contributed by atoms with Crippen LogP contribution in [-0.2, 0) is 14.1 Å². The molecule has 0 saturated carbocycles. The zero-order chi connectivity index (χ0) is 15.0. The van der Waals surface area contributed by atoms with E-state index in [1.807, 2.05) is 29.8 Å². The molecule has 0 radical (unpaired) electrons. The molecule has 0 aromatic carbocycles. The van der Waals surface area contributed by atoms with Crippen molar-refractivity contribution in [2.75, 3.05) is 19.6 Å². The summed E-state index contributed by atoms with van der Waals surface area (Å²) in [6.07, 6.45) is 5.39. The third-order valence-corrected chi connectivity index (χ3v) is 4.06. The Balaban J connectivity index is 0.00000176. The van der Waals surface area contributed by atoms with Crippen LogP contribution in [0.2, 0.25) is 5.02 Å². The molecule has 1 atom stereocenters. The molecule has 0 bridgehead atoms. The van der Waals surface area contributed by atoms with Gasteiger partial charge in [-0.2, -0.15) is 0 Å². The van der Waals surface area contributed by atoms with E-state index in [-0.39, 0.29) is 24.4 Å². The maximum absolute atomic E-state index is 12.8. The van der Waals surface area contributed by atoms with E-state index >= 15 is 0 Å². The summed E-state index contributed by atoms with van der Waals surface area (Å²) in [6.45, 7) is 2.14. The van der Waals surface area contributed by atoms with Crippen LogP contribution in [0, 0.1) is 0 Å². The highest BCUT2D eigenvalue weighted by Crippen LogP contribution is 2.24. The molecule has 2 aromatic rings. The third kappa shape index (κ3) is 2.99. The lowest BCUT2D eigenvalue weighted by molar-refractivity contribution is 0.0611. The van der Waals surface area contributed by atoms with Gasteiger partial charge in [0.2, 0.25) is 0 Å². The van der Waals surface area contributed by atoms with Gasteiger partial charge in [0, 0.05) is 52.3 Å². The number of aromatic nitrogens is 3. The number of hydrogen-bond acceptors (Lipinski definition) is 3. The lowest BCUT2D eigenvalue weighted by atomic mass is 10.1. The first-order valence-electron chi connectivity index (χ1n) is 6.88. The number of imidazole rings is 1. The molecule has 3 heterocycles. The molecule has 3 rings (SSSR count). The molecule has 1 N–H and O–H groups in total. The van der Waals surface area contributed by atoms with Crippen LogP contribution in [0.25, 0.3) is 0 Å². The second-order valence-corrected chi connectivity index (χ2v) is 5.71. The smallest absolute Gasteiger partial charge is 0.271 e. The van der Waals surface area contributed by atoms with Crippen LogP contribution >= 0.6 is 24.0 Å². The number of halogens is 2. The molecule has 0 spiro atoms. The van der Waals surface area contributed by atoms with Crippen molar-refractivity contribution in [3.63, 3.8) is 0 Å². The van der Waals surface area contributed by atoms with Gasteiger partial charge in [-0.05, 0) is 6.07 Å². The average molecular weight is 344 g/mol. The van der Waals surface area contributed by atoms with Gasteiger partial charge in [0.15, 0.2) is 0 Å². The average Bonchev–Trinajstić information content (AvgIpc) is 3.03. The van der Waals surface area contributed by atoms with Gasteiger partial charge in [-0.15, -0.1) is 12.4 Å². The molecule has 1 unspecified atom stereocenters. The molecule has 1 aliphatic heterocycles. The molecule has 22 heavy (non-hydrogen) atoms. The fourth-order valence-corrected chi connectivity index (χ4v) is 3.01. The second kappa shape index (κ2) is 6.73. The minimum absolute atomic E-state index is 0.